The van der Waals surface area contributed by atoms with Crippen LogP contribution in [0.25, 0.3) is 5.78 Å². The Morgan fingerprint density at radius 2 is 1.90 bits per heavy atom. The highest BCUT2D eigenvalue weighted by molar-refractivity contribution is 5.96. The third kappa shape index (κ3) is 3.82. The molecular weight excluding hydrogens is 378 g/mol. The molecule has 1 N–H and O–H groups in total. The van der Waals surface area contributed by atoms with Crippen molar-refractivity contribution in [2.45, 2.75) is 26.9 Å². The van der Waals surface area contributed by atoms with Crippen molar-refractivity contribution < 1.29 is 23.8 Å². The molecule has 0 aliphatic carbocycles. The van der Waals surface area contributed by atoms with E-state index in [-0.39, 0.29) is 5.82 Å². The van der Waals surface area contributed by atoms with Crippen LogP contribution >= 0.6 is 0 Å². The highest BCUT2D eigenvalue weighted by Gasteiger charge is 2.23. The van der Waals surface area contributed by atoms with Gasteiger partial charge in [0, 0.05) is 23.1 Å². The maximum Gasteiger partial charge on any atom is 0.379 e. The minimum Gasteiger partial charge on any atom is -0.486 e. The molecule has 1 aliphatic heterocycles. The minimum absolute atomic E-state index is 0.162. The molecular formula is C19H19N5O5. The molecule has 10 nitrogen and oxygen atoms in total. The van der Waals surface area contributed by atoms with E-state index in [1.165, 1.54) is 11.4 Å². The van der Waals surface area contributed by atoms with E-state index in [1.54, 1.807) is 18.2 Å². The van der Waals surface area contributed by atoms with Gasteiger partial charge in [-0.2, -0.15) is 4.98 Å². The molecule has 10 heteroatoms. The highest BCUT2D eigenvalue weighted by atomic mass is 16.6. The van der Waals surface area contributed by atoms with Gasteiger partial charge < -0.3 is 19.5 Å². The van der Waals surface area contributed by atoms with E-state index in [4.69, 9.17) is 14.2 Å². The number of benzene rings is 1. The van der Waals surface area contributed by atoms with Crippen LogP contribution in [-0.4, -0.2) is 50.8 Å². The summed E-state index contributed by atoms with van der Waals surface area (Å²) in [6.45, 7) is 6.04. The molecule has 1 amide bonds. The van der Waals surface area contributed by atoms with Crippen LogP contribution in [0.4, 0.5) is 5.69 Å². The van der Waals surface area contributed by atoms with E-state index in [1.807, 2.05) is 19.9 Å². The van der Waals surface area contributed by atoms with Gasteiger partial charge in [-0.05, 0) is 39.0 Å². The highest BCUT2D eigenvalue weighted by Crippen LogP contribution is 2.32. The zero-order chi connectivity index (χ0) is 20.5. The van der Waals surface area contributed by atoms with E-state index in [9.17, 15) is 9.59 Å². The predicted molar refractivity (Wildman–Crippen MR) is 101 cm³/mol. The maximum atomic E-state index is 12.4. The van der Waals surface area contributed by atoms with Crippen molar-refractivity contribution in [3.63, 3.8) is 0 Å². The van der Waals surface area contributed by atoms with Crippen molar-refractivity contribution >= 4 is 23.3 Å². The summed E-state index contributed by atoms with van der Waals surface area (Å²) in [7, 11) is 0. The average molecular weight is 397 g/mol. The molecule has 1 atom stereocenters. The number of esters is 1. The number of hydrogen-bond donors (Lipinski definition) is 1. The largest absolute Gasteiger partial charge is 0.486 e. The smallest absolute Gasteiger partial charge is 0.379 e. The number of nitrogens with zero attached hydrogens (tertiary/aromatic N) is 4. The van der Waals surface area contributed by atoms with Crippen LogP contribution < -0.4 is 14.8 Å². The van der Waals surface area contributed by atoms with Crippen molar-refractivity contribution in [3.8, 4) is 11.5 Å². The molecule has 3 heterocycles. The number of fused-ring (bicyclic) bond motifs is 2. The van der Waals surface area contributed by atoms with Crippen LogP contribution in [0.15, 0.2) is 24.3 Å². The number of carbonyl (C=O) groups is 2. The average Bonchev–Trinajstić information content (AvgIpc) is 3.12. The number of aromatic nitrogens is 4. The van der Waals surface area contributed by atoms with E-state index in [0.717, 1.165) is 11.4 Å². The second-order valence-corrected chi connectivity index (χ2v) is 6.58. The first-order valence-electron chi connectivity index (χ1n) is 9.03. The van der Waals surface area contributed by atoms with Gasteiger partial charge in [0.25, 0.3) is 17.5 Å². The number of hydrogen-bond acceptors (Lipinski definition) is 8. The summed E-state index contributed by atoms with van der Waals surface area (Å²) in [5.41, 5.74) is 2.04. The Morgan fingerprint density at radius 3 is 2.69 bits per heavy atom. The molecule has 3 aromatic rings. The zero-order valence-electron chi connectivity index (χ0n) is 16.1. The first kappa shape index (κ1) is 18.7. The molecule has 29 heavy (non-hydrogen) atoms. The van der Waals surface area contributed by atoms with Crippen molar-refractivity contribution in [1.29, 1.82) is 0 Å². The summed E-state index contributed by atoms with van der Waals surface area (Å²) in [6.07, 6.45) is -1.06. The molecule has 2 aromatic heterocycles. The molecule has 150 valence electrons. The molecule has 1 aromatic carbocycles. The summed E-state index contributed by atoms with van der Waals surface area (Å²) < 4.78 is 17.6. The van der Waals surface area contributed by atoms with Crippen molar-refractivity contribution in [2.75, 3.05) is 18.5 Å². The molecule has 0 saturated heterocycles. The first-order valence-corrected chi connectivity index (χ1v) is 9.03. The predicted octanol–water partition coefficient (Wildman–Crippen LogP) is 1.70. The summed E-state index contributed by atoms with van der Waals surface area (Å²) in [5, 5.41) is 6.79. The summed E-state index contributed by atoms with van der Waals surface area (Å²) in [4.78, 5) is 33.1. The Labute approximate surface area is 165 Å². The number of ether oxygens (including phenoxy) is 3. The van der Waals surface area contributed by atoms with Crippen molar-refractivity contribution in [2.24, 2.45) is 0 Å². The summed E-state index contributed by atoms with van der Waals surface area (Å²) >= 11 is 0. The van der Waals surface area contributed by atoms with Crippen LogP contribution in [0.3, 0.4) is 0 Å². The van der Waals surface area contributed by atoms with Gasteiger partial charge in [0.05, 0.1) is 0 Å². The molecule has 0 spiro atoms. The van der Waals surface area contributed by atoms with Gasteiger partial charge in [0.15, 0.2) is 17.6 Å². The number of amides is 1. The lowest BCUT2D eigenvalue weighted by Crippen LogP contribution is -2.30. The van der Waals surface area contributed by atoms with Crippen LogP contribution in [0.2, 0.25) is 0 Å². The fourth-order valence-electron chi connectivity index (χ4n) is 2.88. The summed E-state index contributed by atoms with van der Waals surface area (Å²) in [6, 6.07) is 6.86. The Morgan fingerprint density at radius 1 is 1.14 bits per heavy atom. The van der Waals surface area contributed by atoms with E-state index in [0.29, 0.717) is 36.2 Å². The van der Waals surface area contributed by atoms with Crippen LogP contribution in [-0.2, 0) is 9.53 Å². The van der Waals surface area contributed by atoms with Crippen LogP contribution in [0.1, 0.15) is 28.9 Å². The number of carbonyl (C=O) groups excluding carboxylic acids is 2. The van der Waals surface area contributed by atoms with E-state index < -0.39 is 18.0 Å². The van der Waals surface area contributed by atoms with Gasteiger partial charge >= 0.3 is 5.97 Å². The van der Waals surface area contributed by atoms with Gasteiger partial charge in [0.1, 0.15) is 13.2 Å². The Bertz CT molecular complexity index is 1110. The van der Waals surface area contributed by atoms with Crippen LogP contribution in [0.5, 0.6) is 11.5 Å². The normalized spacial score (nSPS) is 13.8. The van der Waals surface area contributed by atoms with Crippen molar-refractivity contribution in [1.82, 2.24) is 19.6 Å². The second kappa shape index (κ2) is 7.38. The van der Waals surface area contributed by atoms with Gasteiger partial charge in [0.2, 0.25) is 0 Å². The Kier molecular flexibility index (Phi) is 4.75. The molecule has 0 fully saturated rings. The number of rotatable bonds is 4. The van der Waals surface area contributed by atoms with E-state index in [2.05, 4.69) is 20.4 Å². The van der Waals surface area contributed by atoms with Crippen molar-refractivity contribution in [3.05, 3.63) is 41.5 Å². The molecule has 0 saturated carbocycles. The topological polar surface area (TPSA) is 117 Å². The lowest BCUT2D eigenvalue weighted by Gasteiger charge is -2.19. The Balaban J connectivity index is 1.43. The SMILES string of the molecule is Cc1cc(C)n2nc(C(=O)O[C@H](C)C(=O)Nc3ccc4c(c3)OCCO4)nc2n1. The fourth-order valence-corrected chi connectivity index (χ4v) is 2.88. The third-order valence-corrected chi connectivity index (χ3v) is 4.26. The summed E-state index contributed by atoms with van der Waals surface area (Å²) in [5.74, 6) is -0.00844. The fraction of sp³-hybridized carbons (Fsp3) is 0.316. The zero-order valence-corrected chi connectivity index (χ0v) is 16.1. The maximum absolute atomic E-state index is 12.4. The number of aryl methyl sites for hydroxylation is 2. The Hall–Kier alpha value is -3.69. The monoisotopic (exact) mass is 397 g/mol. The first-order chi connectivity index (χ1) is 13.9. The minimum atomic E-state index is -1.06. The number of anilines is 1. The quantitative estimate of drug-likeness (QED) is 0.661. The molecule has 0 bridgehead atoms. The second-order valence-electron chi connectivity index (χ2n) is 6.58. The lowest BCUT2D eigenvalue weighted by atomic mass is 10.2. The number of nitrogens with one attached hydrogen (secondary N) is 1. The van der Waals surface area contributed by atoms with Crippen LogP contribution in [0, 0.1) is 13.8 Å². The van der Waals surface area contributed by atoms with Gasteiger partial charge in [-0.15, -0.1) is 5.10 Å². The van der Waals surface area contributed by atoms with Gasteiger partial charge in [-0.3, -0.25) is 4.79 Å². The van der Waals surface area contributed by atoms with Gasteiger partial charge in [-0.25, -0.2) is 14.3 Å². The van der Waals surface area contributed by atoms with Gasteiger partial charge in [-0.1, -0.05) is 0 Å². The molecule has 0 radical (unpaired) electrons. The molecule has 4 rings (SSSR count). The standard InChI is InChI=1S/C19H19N5O5/c1-10-8-11(2)24-19(20-10)22-16(23-24)18(26)29-12(3)17(25)21-13-4-5-14-15(9-13)28-7-6-27-14/h4-5,8-9,12H,6-7H2,1-3H3,(H,21,25)/t12-/m1/s1. The van der Waals surface area contributed by atoms with E-state index >= 15 is 0 Å². The third-order valence-electron chi connectivity index (χ3n) is 4.26. The lowest BCUT2D eigenvalue weighted by molar-refractivity contribution is -0.123. The molecule has 0 unspecified atom stereocenters. The molecule has 1 aliphatic rings.